The zero-order valence-corrected chi connectivity index (χ0v) is 17.4. The summed E-state index contributed by atoms with van der Waals surface area (Å²) in [5, 5.41) is 7.40. The van der Waals surface area contributed by atoms with Crippen molar-refractivity contribution in [3.8, 4) is 17.1 Å². The zero-order valence-electron chi connectivity index (χ0n) is 17.4. The van der Waals surface area contributed by atoms with Crippen LogP contribution >= 0.6 is 0 Å². The van der Waals surface area contributed by atoms with Gasteiger partial charge >= 0.3 is 0 Å². The van der Waals surface area contributed by atoms with Crippen LogP contribution in [0.25, 0.3) is 17.1 Å². The Morgan fingerprint density at radius 2 is 1.72 bits per heavy atom. The van der Waals surface area contributed by atoms with E-state index in [0.717, 1.165) is 11.1 Å². The van der Waals surface area contributed by atoms with Gasteiger partial charge in [0.1, 0.15) is 17.1 Å². The van der Waals surface area contributed by atoms with Gasteiger partial charge in [0.2, 0.25) is 0 Å². The van der Waals surface area contributed by atoms with Gasteiger partial charge in [0, 0.05) is 23.9 Å². The van der Waals surface area contributed by atoms with E-state index in [1.807, 2.05) is 49.4 Å². The fourth-order valence-electron chi connectivity index (χ4n) is 3.42. The van der Waals surface area contributed by atoms with Gasteiger partial charge in [-0.25, -0.2) is 4.98 Å². The quantitative estimate of drug-likeness (QED) is 0.437. The molecule has 0 saturated carbocycles. The predicted octanol–water partition coefficient (Wildman–Crippen LogP) is 2.85. The van der Waals surface area contributed by atoms with Crippen molar-refractivity contribution in [1.29, 1.82) is 0 Å². The fourth-order valence-corrected chi connectivity index (χ4v) is 3.42. The van der Waals surface area contributed by atoms with Crippen LogP contribution < -0.4 is 16.8 Å². The lowest BCUT2D eigenvalue weighted by molar-refractivity contribution is 0.0949. The topological polar surface area (TPSA) is 129 Å². The number of pyridine rings is 1. The van der Waals surface area contributed by atoms with E-state index in [2.05, 4.69) is 15.4 Å². The summed E-state index contributed by atoms with van der Waals surface area (Å²) in [5.41, 5.74) is 15.4. The number of nitrogens with two attached hydrogens (primary N) is 2. The number of nitrogens with zero attached hydrogens (tertiary/aromatic N) is 3. The minimum atomic E-state index is -0.672. The Kier molecular flexibility index (Phi) is 5.67. The summed E-state index contributed by atoms with van der Waals surface area (Å²) in [6.45, 7) is 2.26. The van der Waals surface area contributed by atoms with Gasteiger partial charge in [-0.15, -0.1) is 0 Å². The molecule has 2 heterocycles. The summed E-state index contributed by atoms with van der Waals surface area (Å²) >= 11 is 0. The molecule has 160 valence electrons. The largest absolute Gasteiger partial charge is 0.383 e. The van der Waals surface area contributed by atoms with Crippen LogP contribution in [-0.2, 0) is 6.54 Å². The van der Waals surface area contributed by atoms with Crippen molar-refractivity contribution in [2.24, 2.45) is 5.73 Å². The van der Waals surface area contributed by atoms with Crippen molar-refractivity contribution in [2.75, 3.05) is 5.73 Å². The highest BCUT2D eigenvalue weighted by molar-refractivity contribution is 6.03. The molecule has 2 aromatic carbocycles. The van der Waals surface area contributed by atoms with Crippen LogP contribution in [0, 0.1) is 6.92 Å². The number of anilines is 1. The molecule has 0 bridgehead atoms. The summed E-state index contributed by atoms with van der Waals surface area (Å²) < 4.78 is 1.39. The molecule has 2 amide bonds. The minimum Gasteiger partial charge on any atom is -0.383 e. The molecule has 4 aromatic rings. The summed E-state index contributed by atoms with van der Waals surface area (Å²) in [6.07, 6.45) is 1.61. The normalized spacial score (nSPS) is 10.7. The Morgan fingerprint density at radius 3 is 2.38 bits per heavy atom. The van der Waals surface area contributed by atoms with Gasteiger partial charge in [-0.05, 0) is 36.2 Å². The number of nitrogens with one attached hydrogen (secondary N) is 1. The molecular weight excluding hydrogens is 404 g/mol. The average Bonchev–Trinajstić information content (AvgIpc) is 3.16. The van der Waals surface area contributed by atoms with Crippen molar-refractivity contribution in [1.82, 2.24) is 20.1 Å². The number of benzene rings is 2. The van der Waals surface area contributed by atoms with Crippen LogP contribution in [0.4, 0.5) is 5.82 Å². The van der Waals surface area contributed by atoms with E-state index in [4.69, 9.17) is 11.5 Å². The van der Waals surface area contributed by atoms with Gasteiger partial charge < -0.3 is 16.8 Å². The monoisotopic (exact) mass is 426 g/mol. The van der Waals surface area contributed by atoms with Crippen molar-refractivity contribution in [3.05, 3.63) is 95.2 Å². The number of amides is 2. The Morgan fingerprint density at radius 1 is 1.00 bits per heavy atom. The molecule has 0 fully saturated rings. The first-order chi connectivity index (χ1) is 15.5. The second-order valence-electron chi connectivity index (χ2n) is 7.27. The third kappa shape index (κ3) is 4.06. The smallest absolute Gasteiger partial charge is 0.254 e. The van der Waals surface area contributed by atoms with Crippen molar-refractivity contribution >= 4 is 17.6 Å². The maximum atomic E-state index is 12.4. The van der Waals surface area contributed by atoms with Crippen molar-refractivity contribution in [3.63, 3.8) is 0 Å². The predicted molar refractivity (Wildman–Crippen MR) is 122 cm³/mol. The van der Waals surface area contributed by atoms with E-state index >= 15 is 0 Å². The number of hydrogen-bond donors (Lipinski definition) is 3. The number of carbonyl (C=O) groups is 2. The van der Waals surface area contributed by atoms with Crippen LogP contribution in [0.1, 0.15) is 31.8 Å². The van der Waals surface area contributed by atoms with E-state index in [-0.39, 0.29) is 17.3 Å². The molecule has 0 aliphatic rings. The molecule has 0 aliphatic heterocycles. The lowest BCUT2D eigenvalue weighted by Crippen LogP contribution is -2.23. The van der Waals surface area contributed by atoms with Crippen LogP contribution in [0.3, 0.4) is 0 Å². The third-order valence-electron chi connectivity index (χ3n) is 5.10. The van der Waals surface area contributed by atoms with E-state index < -0.39 is 5.91 Å². The van der Waals surface area contributed by atoms with Gasteiger partial charge in [-0.1, -0.05) is 48.5 Å². The third-order valence-corrected chi connectivity index (χ3v) is 5.10. The Balaban J connectivity index is 1.57. The van der Waals surface area contributed by atoms with Gasteiger partial charge in [0.25, 0.3) is 11.8 Å². The molecule has 0 radical (unpaired) electrons. The Hall–Kier alpha value is -4.46. The molecule has 5 N–H and O–H groups in total. The van der Waals surface area contributed by atoms with E-state index in [1.165, 1.54) is 4.68 Å². The molecule has 2 aromatic heterocycles. The highest BCUT2D eigenvalue weighted by Crippen LogP contribution is 2.28. The van der Waals surface area contributed by atoms with Crippen LogP contribution in [0.2, 0.25) is 0 Å². The summed E-state index contributed by atoms with van der Waals surface area (Å²) in [6, 6.07) is 20.1. The first-order valence-corrected chi connectivity index (χ1v) is 9.98. The number of nitrogen functional groups attached to an aromatic ring is 1. The summed E-state index contributed by atoms with van der Waals surface area (Å²) in [5.74, 6) is -0.200. The summed E-state index contributed by atoms with van der Waals surface area (Å²) in [4.78, 5) is 28.7. The second-order valence-corrected chi connectivity index (χ2v) is 7.27. The van der Waals surface area contributed by atoms with Crippen LogP contribution in [0.5, 0.6) is 0 Å². The molecule has 4 rings (SSSR count). The molecule has 0 spiro atoms. The maximum Gasteiger partial charge on any atom is 0.254 e. The van der Waals surface area contributed by atoms with Gasteiger partial charge in [0.05, 0.1) is 0 Å². The van der Waals surface area contributed by atoms with E-state index in [1.54, 1.807) is 30.5 Å². The number of aromatic nitrogens is 3. The highest BCUT2D eigenvalue weighted by Gasteiger charge is 2.22. The highest BCUT2D eigenvalue weighted by atomic mass is 16.2. The van der Waals surface area contributed by atoms with Crippen molar-refractivity contribution in [2.45, 2.75) is 13.5 Å². The maximum absolute atomic E-state index is 12.4. The molecular formula is C24H22N6O2. The van der Waals surface area contributed by atoms with Gasteiger partial charge in [0.15, 0.2) is 5.82 Å². The Labute approximate surface area is 184 Å². The first-order valence-electron chi connectivity index (χ1n) is 9.98. The SMILES string of the molecule is Cc1ccccc1C(=O)NCc1ccc(-c2nn(-c3ccccn3)c(N)c2C(N)=O)cc1. The molecule has 0 atom stereocenters. The summed E-state index contributed by atoms with van der Waals surface area (Å²) in [7, 11) is 0. The average molecular weight is 426 g/mol. The minimum absolute atomic E-state index is 0.126. The number of carbonyl (C=O) groups excluding carboxylic acids is 2. The van der Waals surface area contributed by atoms with Gasteiger partial charge in [-0.3, -0.25) is 9.59 Å². The number of aryl methyl sites for hydroxylation is 1. The molecule has 0 saturated heterocycles. The van der Waals surface area contributed by atoms with Crippen molar-refractivity contribution < 1.29 is 9.59 Å². The molecule has 8 heteroatoms. The Bertz CT molecular complexity index is 1280. The number of primary amides is 1. The van der Waals surface area contributed by atoms with E-state index in [9.17, 15) is 9.59 Å². The van der Waals surface area contributed by atoms with Crippen LogP contribution in [-0.4, -0.2) is 26.6 Å². The number of hydrogen-bond acceptors (Lipinski definition) is 5. The van der Waals surface area contributed by atoms with E-state index in [0.29, 0.717) is 29.2 Å². The lowest BCUT2D eigenvalue weighted by Gasteiger charge is -2.08. The first kappa shape index (κ1) is 20.8. The lowest BCUT2D eigenvalue weighted by atomic mass is 10.0. The molecule has 32 heavy (non-hydrogen) atoms. The van der Waals surface area contributed by atoms with Crippen LogP contribution in [0.15, 0.2) is 72.9 Å². The fraction of sp³-hybridized carbons (Fsp3) is 0.0833. The van der Waals surface area contributed by atoms with Gasteiger partial charge in [-0.2, -0.15) is 9.78 Å². The zero-order chi connectivity index (χ0) is 22.7. The molecule has 8 nitrogen and oxygen atoms in total. The molecule has 0 unspecified atom stereocenters. The molecule has 0 aliphatic carbocycles. The number of rotatable bonds is 6. The standard InChI is InChI=1S/C24H22N6O2/c1-15-6-2-3-7-18(15)24(32)28-14-16-9-11-17(12-10-16)21-20(23(26)31)22(25)30(29-21)19-8-4-5-13-27-19/h2-13H,14,25H2,1H3,(H2,26,31)(H,28,32). The second kappa shape index (κ2) is 8.73.